The summed E-state index contributed by atoms with van der Waals surface area (Å²) in [6.45, 7) is 9.68. The van der Waals surface area contributed by atoms with Crippen LogP contribution in [-0.2, 0) is 12.8 Å². The van der Waals surface area contributed by atoms with Crippen LogP contribution in [0, 0.1) is 5.41 Å². The molecule has 0 spiro atoms. The second kappa shape index (κ2) is 8.92. The Labute approximate surface area is 162 Å². The van der Waals surface area contributed by atoms with Crippen molar-refractivity contribution in [2.75, 3.05) is 6.61 Å². The molecule has 3 nitrogen and oxygen atoms in total. The zero-order chi connectivity index (χ0) is 20.0. The molecule has 1 aliphatic rings. The molecule has 0 aromatic heterocycles. The topological polar surface area (TPSA) is 60.7 Å². The Hall–Kier alpha value is -2.52. The van der Waals surface area contributed by atoms with Crippen molar-refractivity contribution in [1.29, 1.82) is 0 Å². The van der Waals surface area contributed by atoms with Crippen molar-refractivity contribution < 1.29 is 15.3 Å². The first-order valence-corrected chi connectivity index (χ1v) is 9.25. The Kier molecular flexibility index (Phi) is 6.86. The summed E-state index contributed by atoms with van der Waals surface area (Å²) in [5.74, 6) is 0.424. The van der Waals surface area contributed by atoms with Crippen molar-refractivity contribution in [3.63, 3.8) is 0 Å². The maximum absolute atomic E-state index is 10.5. The molecule has 0 saturated heterocycles. The summed E-state index contributed by atoms with van der Waals surface area (Å²) in [5.41, 5.74) is 4.76. The second-order valence-electron chi connectivity index (χ2n) is 7.93. The monoisotopic (exact) mass is 366 g/mol. The molecule has 0 aliphatic heterocycles. The van der Waals surface area contributed by atoms with Gasteiger partial charge < -0.3 is 15.3 Å². The predicted molar refractivity (Wildman–Crippen MR) is 112 cm³/mol. The molecule has 0 atom stereocenters. The highest BCUT2D eigenvalue weighted by atomic mass is 16.3. The van der Waals surface area contributed by atoms with Gasteiger partial charge in [0.05, 0.1) is 5.76 Å². The van der Waals surface area contributed by atoms with E-state index in [4.69, 9.17) is 0 Å². The molecule has 1 aliphatic carbocycles. The predicted octanol–water partition coefficient (Wildman–Crippen LogP) is 5.51. The normalized spacial score (nSPS) is 15.9. The van der Waals surface area contributed by atoms with E-state index in [9.17, 15) is 15.3 Å². The van der Waals surface area contributed by atoms with Crippen LogP contribution in [-0.4, -0.2) is 21.9 Å². The van der Waals surface area contributed by atoms with Gasteiger partial charge in [0.1, 0.15) is 5.76 Å². The van der Waals surface area contributed by atoms with Gasteiger partial charge in [-0.15, -0.1) is 0 Å². The van der Waals surface area contributed by atoms with Crippen molar-refractivity contribution >= 4 is 0 Å². The summed E-state index contributed by atoms with van der Waals surface area (Å²) >= 11 is 0. The molecule has 3 N–H and O–H groups in total. The number of allylic oxidation sites excluding steroid dienone is 8. The summed E-state index contributed by atoms with van der Waals surface area (Å²) in [5, 5.41) is 29.5. The van der Waals surface area contributed by atoms with Gasteiger partial charge in [-0.2, -0.15) is 0 Å². The lowest BCUT2D eigenvalue weighted by Crippen LogP contribution is -2.19. The number of hydrogen-bond acceptors (Lipinski definition) is 3. The SMILES string of the molecule is C=CC1=CCC(Cc2ccc(CC(C)(C)CO)cc2)=C(O)C=C1/C=C(\C)O. The fraction of sp³-hybridized carbons (Fsp3) is 0.333. The zero-order valence-electron chi connectivity index (χ0n) is 16.5. The molecule has 3 heteroatoms. The third-order valence-electron chi connectivity index (χ3n) is 4.69. The highest BCUT2D eigenvalue weighted by molar-refractivity contribution is 5.52. The lowest BCUT2D eigenvalue weighted by Gasteiger charge is -2.21. The minimum atomic E-state index is -0.130. The van der Waals surface area contributed by atoms with Crippen LogP contribution in [0.4, 0.5) is 0 Å². The van der Waals surface area contributed by atoms with Crippen LogP contribution in [0.2, 0.25) is 0 Å². The maximum atomic E-state index is 10.5. The maximum Gasteiger partial charge on any atom is 0.116 e. The van der Waals surface area contributed by atoms with E-state index < -0.39 is 0 Å². The number of aliphatic hydroxyl groups is 3. The molecule has 0 bridgehead atoms. The van der Waals surface area contributed by atoms with Crippen molar-refractivity contribution in [2.45, 2.75) is 40.0 Å². The Morgan fingerprint density at radius 3 is 2.33 bits per heavy atom. The molecule has 0 fully saturated rings. The molecule has 0 amide bonds. The van der Waals surface area contributed by atoms with Crippen LogP contribution < -0.4 is 0 Å². The van der Waals surface area contributed by atoms with Gasteiger partial charge in [0, 0.05) is 6.61 Å². The molecule has 0 radical (unpaired) electrons. The standard InChI is InChI=1S/C24H30O3/c1-5-20-10-11-21(23(27)14-22(20)12-17(2)26)13-18-6-8-19(9-7-18)15-24(3,4)16-25/h5-10,12,14,25-27H,1,11,13,15-16H2,2-4H3/b17-12+. The third kappa shape index (κ3) is 6.00. The Balaban J connectivity index is 2.21. The van der Waals surface area contributed by atoms with E-state index in [0.29, 0.717) is 12.8 Å². The highest BCUT2D eigenvalue weighted by Gasteiger charge is 2.17. The minimum Gasteiger partial charge on any atom is -0.513 e. The van der Waals surface area contributed by atoms with Crippen LogP contribution in [0.25, 0.3) is 0 Å². The fourth-order valence-corrected chi connectivity index (χ4v) is 3.13. The van der Waals surface area contributed by atoms with E-state index in [-0.39, 0.29) is 23.5 Å². The number of aliphatic hydroxyl groups excluding tert-OH is 3. The molecular weight excluding hydrogens is 336 g/mol. The average molecular weight is 367 g/mol. The largest absolute Gasteiger partial charge is 0.513 e. The minimum absolute atomic E-state index is 0.130. The van der Waals surface area contributed by atoms with E-state index >= 15 is 0 Å². The smallest absolute Gasteiger partial charge is 0.116 e. The average Bonchev–Trinajstić information content (AvgIpc) is 2.75. The lowest BCUT2D eigenvalue weighted by molar-refractivity contribution is 0.159. The van der Waals surface area contributed by atoms with E-state index in [1.165, 1.54) is 5.56 Å². The molecule has 1 aromatic carbocycles. The molecule has 144 valence electrons. The van der Waals surface area contributed by atoms with E-state index in [1.807, 2.05) is 19.9 Å². The fourth-order valence-electron chi connectivity index (χ4n) is 3.13. The molecule has 1 aromatic rings. The van der Waals surface area contributed by atoms with Gasteiger partial charge in [0.15, 0.2) is 0 Å². The van der Waals surface area contributed by atoms with Crippen LogP contribution in [0.3, 0.4) is 0 Å². The van der Waals surface area contributed by atoms with E-state index in [2.05, 4.69) is 30.8 Å². The molecule has 2 rings (SSSR count). The first-order chi connectivity index (χ1) is 12.7. The van der Waals surface area contributed by atoms with Gasteiger partial charge >= 0.3 is 0 Å². The Bertz CT molecular complexity index is 799. The van der Waals surface area contributed by atoms with Gasteiger partial charge in [-0.05, 0) is 71.6 Å². The summed E-state index contributed by atoms with van der Waals surface area (Å²) in [6, 6.07) is 8.33. The lowest BCUT2D eigenvalue weighted by atomic mass is 9.86. The first kappa shape index (κ1) is 20.8. The van der Waals surface area contributed by atoms with Gasteiger partial charge in [-0.3, -0.25) is 0 Å². The quantitative estimate of drug-likeness (QED) is 0.558. The Morgan fingerprint density at radius 2 is 1.78 bits per heavy atom. The first-order valence-electron chi connectivity index (χ1n) is 9.25. The van der Waals surface area contributed by atoms with Crippen molar-refractivity contribution in [2.24, 2.45) is 5.41 Å². The van der Waals surface area contributed by atoms with Crippen molar-refractivity contribution in [3.05, 3.63) is 94.5 Å². The van der Waals surface area contributed by atoms with Crippen LogP contribution in [0.1, 0.15) is 38.3 Å². The van der Waals surface area contributed by atoms with Crippen molar-refractivity contribution in [1.82, 2.24) is 0 Å². The van der Waals surface area contributed by atoms with Crippen molar-refractivity contribution in [3.8, 4) is 0 Å². The summed E-state index contributed by atoms with van der Waals surface area (Å²) in [4.78, 5) is 0. The van der Waals surface area contributed by atoms with Gasteiger partial charge in [0.25, 0.3) is 0 Å². The molecule has 0 heterocycles. The van der Waals surface area contributed by atoms with Crippen LogP contribution >= 0.6 is 0 Å². The third-order valence-corrected chi connectivity index (χ3v) is 4.69. The van der Waals surface area contributed by atoms with Gasteiger partial charge in [-0.25, -0.2) is 0 Å². The number of benzene rings is 1. The van der Waals surface area contributed by atoms with E-state index in [1.54, 1.807) is 25.2 Å². The highest BCUT2D eigenvalue weighted by Crippen LogP contribution is 2.27. The van der Waals surface area contributed by atoms with Gasteiger partial charge in [0.2, 0.25) is 0 Å². The molecular formula is C24H30O3. The summed E-state index contributed by atoms with van der Waals surface area (Å²) < 4.78 is 0. The van der Waals surface area contributed by atoms with Crippen LogP contribution in [0.15, 0.2) is 83.4 Å². The Morgan fingerprint density at radius 1 is 1.15 bits per heavy atom. The van der Waals surface area contributed by atoms with Gasteiger partial charge in [-0.1, -0.05) is 56.8 Å². The molecule has 0 saturated carbocycles. The van der Waals surface area contributed by atoms with E-state index in [0.717, 1.165) is 28.7 Å². The van der Waals surface area contributed by atoms with Crippen LogP contribution in [0.5, 0.6) is 0 Å². The second-order valence-corrected chi connectivity index (χ2v) is 7.93. The molecule has 27 heavy (non-hydrogen) atoms. The zero-order valence-corrected chi connectivity index (χ0v) is 16.5. The summed E-state index contributed by atoms with van der Waals surface area (Å²) in [7, 11) is 0. The number of hydrogen-bond donors (Lipinski definition) is 3. The summed E-state index contributed by atoms with van der Waals surface area (Å²) in [6.07, 6.45) is 9.18. The number of rotatable bonds is 7. The molecule has 0 unspecified atom stereocenters.